The molecule has 39 heavy (non-hydrogen) atoms. The lowest BCUT2D eigenvalue weighted by Gasteiger charge is -2.25. The minimum absolute atomic E-state index is 0.0253. The molecule has 0 saturated carbocycles. The number of nitrogens with zero attached hydrogens (tertiary/aromatic N) is 3. The van der Waals surface area contributed by atoms with E-state index in [0.717, 1.165) is 11.1 Å². The van der Waals surface area contributed by atoms with Gasteiger partial charge in [-0.25, -0.2) is 9.37 Å². The average Bonchev–Trinajstić information content (AvgIpc) is 3.55. The first-order valence-electron chi connectivity index (χ1n) is 12.7. The van der Waals surface area contributed by atoms with E-state index >= 15 is 0 Å². The number of carbonyl (C=O) groups excluding carboxylic acids is 2. The maximum Gasteiger partial charge on any atom is 0.295 e. The van der Waals surface area contributed by atoms with E-state index in [1.807, 2.05) is 42.0 Å². The van der Waals surface area contributed by atoms with Gasteiger partial charge in [0.15, 0.2) is 0 Å². The highest BCUT2D eigenvalue weighted by Gasteiger charge is 2.45. The number of ether oxygens (including phenoxy) is 1. The molecule has 2 heterocycles. The summed E-state index contributed by atoms with van der Waals surface area (Å²) in [5, 5.41) is 11.3. The van der Waals surface area contributed by atoms with Crippen molar-refractivity contribution in [3.05, 3.63) is 125 Å². The molecule has 0 radical (unpaired) electrons. The molecule has 198 valence electrons. The Hall–Kier alpha value is -4.72. The molecule has 1 aliphatic heterocycles. The fraction of sp³-hybridized carbons (Fsp3) is 0.194. The number of benzene rings is 3. The molecule has 7 nitrogen and oxygen atoms in total. The number of Topliss-reactive ketones (excluding diaryl/α,β-unsaturated/α-hetero) is 1. The van der Waals surface area contributed by atoms with Crippen LogP contribution in [0.4, 0.5) is 4.39 Å². The van der Waals surface area contributed by atoms with Crippen molar-refractivity contribution in [2.75, 3.05) is 6.54 Å². The first kappa shape index (κ1) is 25.9. The van der Waals surface area contributed by atoms with Gasteiger partial charge < -0.3 is 19.3 Å². The third-order valence-electron chi connectivity index (χ3n) is 6.72. The number of hydrogen-bond acceptors (Lipinski definition) is 5. The van der Waals surface area contributed by atoms with Gasteiger partial charge in [0, 0.05) is 31.0 Å². The summed E-state index contributed by atoms with van der Waals surface area (Å²) in [6.07, 6.45) is 5.73. The summed E-state index contributed by atoms with van der Waals surface area (Å²) in [6, 6.07) is 19.5. The molecule has 0 unspecified atom stereocenters. The standard InChI is InChI=1S/C31H28FN3O4/c1-21-4-2-5-22(18-21)19-39-26-12-8-24(9-13-26)29(36)27-28(23-6-10-25(32)11-7-23)35(31(38)30(27)37)16-3-15-34-17-14-33-20-34/h2,4-14,17-18,20,28,36H,3,15-16,19H2,1H3/b29-27+/t28-/m1/s1. The number of imidazole rings is 1. The third kappa shape index (κ3) is 5.75. The van der Waals surface area contributed by atoms with E-state index in [1.54, 1.807) is 36.8 Å². The first-order valence-corrected chi connectivity index (χ1v) is 12.7. The van der Waals surface area contributed by atoms with Crippen LogP contribution in [-0.2, 0) is 22.7 Å². The van der Waals surface area contributed by atoms with Crippen LogP contribution in [0.2, 0.25) is 0 Å². The summed E-state index contributed by atoms with van der Waals surface area (Å²) in [5.74, 6) is -1.59. The highest BCUT2D eigenvalue weighted by Crippen LogP contribution is 2.39. The Bertz CT molecular complexity index is 1500. The van der Waals surface area contributed by atoms with Crippen LogP contribution in [0.3, 0.4) is 0 Å². The Morgan fingerprint density at radius 3 is 2.49 bits per heavy atom. The topological polar surface area (TPSA) is 84.7 Å². The second-order valence-corrected chi connectivity index (χ2v) is 9.50. The summed E-state index contributed by atoms with van der Waals surface area (Å²) in [7, 11) is 0. The van der Waals surface area contributed by atoms with E-state index in [4.69, 9.17) is 4.74 Å². The van der Waals surface area contributed by atoms with Gasteiger partial charge >= 0.3 is 0 Å². The number of likely N-dealkylation sites (tertiary alicyclic amines) is 1. The number of carbonyl (C=O) groups is 2. The van der Waals surface area contributed by atoms with E-state index in [2.05, 4.69) is 4.98 Å². The molecule has 1 aromatic heterocycles. The van der Waals surface area contributed by atoms with Gasteiger partial charge in [-0.1, -0.05) is 42.0 Å². The molecule has 1 N–H and O–H groups in total. The van der Waals surface area contributed by atoms with E-state index in [-0.39, 0.29) is 17.9 Å². The number of halogens is 1. The van der Waals surface area contributed by atoms with Crippen LogP contribution in [0.5, 0.6) is 5.75 Å². The molecule has 5 rings (SSSR count). The number of amides is 1. The van der Waals surface area contributed by atoms with Crippen molar-refractivity contribution in [3.8, 4) is 5.75 Å². The zero-order valence-electron chi connectivity index (χ0n) is 21.5. The van der Waals surface area contributed by atoms with Crippen LogP contribution in [0.25, 0.3) is 5.76 Å². The Labute approximate surface area is 225 Å². The number of aromatic nitrogens is 2. The molecule has 4 aromatic rings. The average molecular weight is 526 g/mol. The number of aliphatic hydroxyl groups excluding tert-OH is 1. The molecular weight excluding hydrogens is 497 g/mol. The van der Waals surface area contributed by atoms with Gasteiger partial charge in [-0.05, 0) is 60.9 Å². The molecule has 0 aliphatic carbocycles. The number of rotatable bonds is 9. The highest BCUT2D eigenvalue weighted by atomic mass is 19.1. The van der Waals surface area contributed by atoms with Crippen molar-refractivity contribution >= 4 is 17.4 Å². The highest BCUT2D eigenvalue weighted by molar-refractivity contribution is 6.46. The Morgan fingerprint density at radius 1 is 1.03 bits per heavy atom. The molecule has 3 aromatic carbocycles. The van der Waals surface area contributed by atoms with Crippen molar-refractivity contribution < 1.29 is 23.8 Å². The van der Waals surface area contributed by atoms with Crippen molar-refractivity contribution in [2.45, 2.75) is 32.5 Å². The van der Waals surface area contributed by atoms with Gasteiger partial charge in [-0.15, -0.1) is 0 Å². The predicted molar refractivity (Wildman–Crippen MR) is 144 cm³/mol. The van der Waals surface area contributed by atoms with Crippen LogP contribution in [0.1, 0.15) is 34.7 Å². The number of ketones is 1. The van der Waals surface area contributed by atoms with E-state index in [0.29, 0.717) is 36.4 Å². The molecular formula is C31H28FN3O4. The van der Waals surface area contributed by atoms with Gasteiger partial charge in [-0.3, -0.25) is 9.59 Å². The summed E-state index contributed by atoms with van der Waals surface area (Å²) < 4.78 is 21.5. The Morgan fingerprint density at radius 2 is 1.79 bits per heavy atom. The molecule has 0 spiro atoms. The van der Waals surface area contributed by atoms with Gasteiger partial charge in [0.25, 0.3) is 11.7 Å². The lowest BCUT2D eigenvalue weighted by Crippen LogP contribution is -2.31. The van der Waals surface area contributed by atoms with Crippen molar-refractivity contribution in [1.82, 2.24) is 14.5 Å². The fourth-order valence-corrected chi connectivity index (χ4v) is 4.78. The Balaban J connectivity index is 1.41. The number of aliphatic hydroxyl groups is 1. The van der Waals surface area contributed by atoms with E-state index in [9.17, 15) is 19.1 Å². The van der Waals surface area contributed by atoms with Gasteiger partial charge in [0.1, 0.15) is 23.9 Å². The first-order chi connectivity index (χ1) is 18.9. The second-order valence-electron chi connectivity index (χ2n) is 9.50. The molecule has 8 heteroatoms. The normalized spacial score (nSPS) is 16.6. The smallest absolute Gasteiger partial charge is 0.295 e. The lowest BCUT2D eigenvalue weighted by molar-refractivity contribution is -0.139. The van der Waals surface area contributed by atoms with Gasteiger partial charge in [-0.2, -0.15) is 0 Å². The quantitative estimate of drug-likeness (QED) is 0.179. The lowest BCUT2D eigenvalue weighted by atomic mass is 9.95. The minimum atomic E-state index is -0.842. The molecule has 1 atom stereocenters. The zero-order valence-corrected chi connectivity index (χ0v) is 21.5. The largest absolute Gasteiger partial charge is 0.507 e. The van der Waals surface area contributed by atoms with Crippen LogP contribution in [-0.4, -0.2) is 37.8 Å². The van der Waals surface area contributed by atoms with Crippen LogP contribution in [0.15, 0.2) is 97.1 Å². The fourth-order valence-electron chi connectivity index (χ4n) is 4.78. The summed E-state index contributed by atoms with van der Waals surface area (Å²) in [4.78, 5) is 31.8. The molecule has 1 amide bonds. The third-order valence-corrected chi connectivity index (χ3v) is 6.72. The summed E-state index contributed by atoms with van der Waals surface area (Å²) >= 11 is 0. The zero-order chi connectivity index (χ0) is 27.4. The second kappa shape index (κ2) is 11.3. The van der Waals surface area contributed by atoms with E-state index in [1.165, 1.54) is 29.2 Å². The predicted octanol–water partition coefficient (Wildman–Crippen LogP) is 5.42. The van der Waals surface area contributed by atoms with Gasteiger partial charge in [0.05, 0.1) is 17.9 Å². The number of aryl methyl sites for hydroxylation is 2. The molecule has 1 saturated heterocycles. The molecule has 0 bridgehead atoms. The van der Waals surface area contributed by atoms with Crippen LogP contribution >= 0.6 is 0 Å². The Kier molecular flexibility index (Phi) is 7.54. The summed E-state index contributed by atoms with van der Waals surface area (Å²) in [5.41, 5.74) is 3.07. The van der Waals surface area contributed by atoms with Crippen molar-refractivity contribution in [1.29, 1.82) is 0 Å². The maximum atomic E-state index is 13.7. The van der Waals surface area contributed by atoms with Crippen molar-refractivity contribution in [3.63, 3.8) is 0 Å². The number of hydrogen-bond donors (Lipinski definition) is 1. The maximum absolute atomic E-state index is 13.7. The van der Waals surface area contributed by atoms with Crippen LogP contribution in [0, 0.1) is 12.7 Å². The molecule has 1 aliphatic rings. The minimum Gasteiger partial charge on any atom is -0.507 e. The van der Waals surface area contributed by atoms with Crippen molar-refractivity contribution in [2.24, 2.45) is 0 Å². The molecule has 1 fully saturated rings. The SMILES string of the molecule is Cc1cccc(COc2ccc(/C(O)=C3\C(=O)C(=O)N(CCCn4ccnc4)[C@@H]3c3ccc(F)cc3)cc2)c1. The monoisotopic (exact) mass is 525 g/mol. The van der Waals surface area contributed by atoms with Gasteiger partial charge in [0.2, 0.25) is 0 Å². The summed E-state index contributed by atoms with van der Waals surface area (Å²) in [6.45, 7) is 3.28. The van der Waals surface area contributed by atoms with Crippen LogP contribution < -0.4 is 4.74 Å². The van der Waals surface area contributed by atoms with E-state index < -0.39 is 23.5 Å².